The van der Waals surface area contributed by atoms with Crippen molar-refractivity contribution >= 4 is 0 Å². The van der Waals surface area contributed by atoms with Crippen LogP contribution in [0.5, 0.6) is 5.75 Å². The van der Waals surface area contributed by atoms with E-state index in [9.17, 15) is 5.26 Å². The van der Waals surface area contributed by atoms with Gasteiger partial charge in [-0.25, -0.2) is 0 Å². The summed E-state index contributed by atoms with van der Waals surface area (Å²) in [5.74, 6) is 1.74. The molecule has 2 heteroatoms. The number of aryl methyl sites for hydroxylation is 1. The van der Waals surface area contributed by atoms with E-state index in [4.69, 9.17) is 4.74 Å². The summed E-state index contributed by atoms with van der Waals surface area (Å²) in [6, 6.07) is 10.7. The van der Waals surface area contributed by atoms with E-state index in [2.05, 4.69) is 26.0 Å². The zero-order valence-corrected chi connectivity index (χ0v) is 12.6. The quantitative estimate of drug-likeness (QED) is 0.775. The van der Waals surface area contributed by atoms with Crippen molar-refractivity contribution in [1.29, 1.82) is 5.26 Å². The molecule has 20 heavy (non-hydrogen) atoms. The second kappa shape index (κ2) is 7.33. The summed E-state index contributed by atoms with van der Waals surface area (Å²) in [5.41, 5.74) is 1.24. The van der Waals surface area contributed by atoms with E-state index in [0.717, 1.165) is 30.9 Å². The fraction of sp³-hybridized carbons (Fsp3) is 0.611. The highest BCUT2D eigenvalue weighted by molar-refractivity contribution is 5.33. The van der Waals surface area contributed by atoms with E-state index < -0.39 is 0 Å². The maximum absolute atomic E-state index is 9.35. The van der Waals surface area contributed by atoms with Crippen LogP contribution in [0.1, 0.15) is 51.5 Å². The van der Waals surface area contributed by atoms with Gasteiger partial charge in [0.25, 0.3) is 0 Å². The second-order valence-electron chi connectivity index (χ2n) is 5.82. The van der Waals surface area contributed by atoms with E-state index in [1.165, 1.54) is 24.8 Å². The molecule has 0 aromatic heterocycles. The van der Waals surface area contributed by atoms with Crippen LogP contribution in [0.25, 0.3) is 0 Å². The third-order valence-corrected chi connectivity index (χ3v) is 4.39. The predicted molar refractivity (Wildman–Crippen MR) is 81.6 cm³/mol. The first-order chi connectivity index (χ1) is 9.78. The van der Waals surface area contributed by atoms with Gasteiger partial charge in [-0.15, -0.1) is 0 Å². The molecule has 1 fully saturated rings. The Balaban J connectivity index is 2.09. The lowest BCUT2D eigenvalue weighted by molar-refractivity contribution is 0.0866. The molecule has 0 saturated heterocycles. The average Bonchev–Trinajstić information content (AvgIpc) is 2.48. The molecule has 1 aromatic carbocycles. The van der Waals surface area contributed by atoms with E-state index in [1.54, 1.807) is 0 Å². The molecule has 3 atom stereocenters. The smallest absolute Gasteiger partial charge is 0.122 e. The largest absolute Gasteiger partial charge is 0.489 e. The highest BCUT2D eigenvalue weighted by Gasteiger charge is 2.32. The first-order valence-corrected chi connectivity index (χ1v) is 7.92. The monoisotopic (exact) mass is 271 g/mol. The molecule has 0 aliphatic heterocycles. The minimum atomic E-state index is 0.0491. The number of nitrogens with zero attached hydrogens (tertiary/aromatic N) is 1. The van der Waals surface area contributed by atoms with Crippen molar-refractivity contribution in [2.75, 3.05) is 0 Å². The van der Waals surface area contributed by atoms with Crippen LogP contribution in [0.3, 0.4) is 0 Å². The van der Waals surface area contributed by atoms with Crippen molar-refractivity contribution in [1.82, 2.24) is 0 Å². The third kappa shape index (κ3) is 3.54. The molecule has 0 spiro atoms. The Morgan fingerprint density at radius 2 is 2.05 bits per heavy atom. The lowest BCUT2D eigenvalue weighted by Gasteiger charge is -2.33. The van der Waals surface area contributed by atoms with Gasteiger partial charge in [0.05, 0.1) is 12.0 Å². The van der Waals surface area contributed by atoms with Crippen molar-refractivity contribution in [2.24, 2.45) is 11.8 Å². The first-order valence-electron chi connectivity index (χ1n) is 7.92. The topological polar surface area (TPSA) is 33.0 Å². The summed E-state index contributed by atoms with van der Waals surface area (Å²) in [4.78, 5) is 0. The summed E-state index contributed by atoms with van der Waals surface area (Å²) in [6.45, 7) is 4.38. The number of nitriles is 1. The van der Waals surface area contributed by atoms with Gasteiger partial charge in [0, 0.05) is 0 Å². The summed E-state index contributed by atoms with van der Waals surface area (Å²) in [6.07, 6.45) is 6.72. The van der Waals surface area contributed by atoms with Gasteiger partial charge in [-0.05, 0) is 43.2 Å². The van der Waals surface area contributed by atoms with E-state index >= 15 is 0 Å². The SMILES string of the molecule is CCCC1CCC(C#N)C(Oc2ccccc2CC)C1. The summed E-state index contributed by atoms with van der Waals surface area (Å²) in [7, 11) is 0. The van der Waals surface area contributed by atoms with Gasteiger partial charge < -0.3 is 4.74 Å². The molecule has 0 amide bonds. The van der Waals surface area contributed by atoms with Gasteiger partial charge in [0.2, 0.25) is 0 Å². The maximum atomic E-state index is 9.35. The molecule has 2 rings (SSSR count). The lowest BCUT2D eigenvalue weighted by atomic mass is 9.78. The van der Waals surface area contributed by atoms with Gasteiger partial charge in [-0.1, -0.05) is 44.9 Å². The van der Waals surface area contributed by atoms with Gasteiger partial charge in [0.1, 0.15) is 11.9 Å². The van der Waals surface area contributed by atoms with Crippen LogP contribution in [-0.4, -0.2) is 6.10 Å². The Kier molecular flexibility index (Phi) is 5.47. The van der Waals surface area contributed by atoms with Gasteiger partial charge >= 0.3 is 0 Å². The normalized spacial score (nSPS) is 25.9. The zero-order valence-electron chi connectivity index (χ0n) is 12.6. The third-order valence-electron chi connectivity index (χ3n) is 4.39. The Labute approximate surface area is 122 Å². The molecule has 1 aliphatic rings. The van der Waals surface area contributed by atoms with Crippen molar-refractivity contribution in [3.63, 3.8) is 0 Å². The van der Waals surface area contributed by atoms with E-state index in [0.29, 0.717) is 0 Å². The Bertz CT molecular complexity index is 463. The van der Waals surface area contributed by atoms with E-state index in [1.807, 2.05) is 18.2 Å². The van der Waals surface area contributed by atoms with Crippen molar-refractivity contribution < 1.29 is 4.74 Å². The highest BCUT2D eigenvalue weighted by atomic mass is 16.5. The van der Waals surface area contributed by atoms with Gasteiger partial charge in [-0.2, -0.15) is 5.26 Å². The van der Waals surface area contributed by atoms with Crippen molar-refractivity contribution in [3.8, 4) is 11.8 Å². The average molecular weight is 271 g/mol. The molecule has 0 heterocycles. The fourth-order valence-corrected chi connectivity index (χ4v) is 3.23. The standard InChI is InChI=1S/C18H25NO/c1-3-7-14-10-11-16(13-19)18(12-14)20-17-9-6-5-8-15(17)4-2/h5-6,8-9,14,16,18H,3-4,7,10-12H2,1-2H3. The molecule has 0 radical (unpaired) electrons. The first kappa shape index (κ1) is 14.9. The van der Waals surface area contributed by atoms with Crippen LogP contribution >= 0.6 is 0 Å². The number of rotatable bonds is 5. The molecular weight excluding hydrogens is 246 g/mol. The highest BCUT2D eigenvalue weighted by Crippen LogP contribution is 2.35. The number of ether oxygens (including phenoxy) is 1. The van der Waals surface area contributed by atoms with Crippen molar-refractivity contribution in [3.05, 3.63) is 29.8 Å². The summed E-state index contributed by atoms with van der Waals surface area (Å²) >= 11 is 0. The molecule has 2 nitrogen and oxygen atoms in total. The lowest BCUT2D eigenvalue weighted by Crippen LogP contribution is -2.33. The predicted octanol–water partition coefficient (Wildman–Crippen LogP) is 4.74. The maximum Gasteiger partial charge on any atom is 0.122 e. The van der Waals surface area contributed by atoms with Crippen LogP contribution in [0.4, 0.5) is 0 Å². The Hall–Kier alpha value is -1.49. The fourth-order valence-electron chi connectivity index (χ4n) is 3.23. The van der Waals surface area contributed by atoms with E-state index in [-0.39, 0.29) is 12.0 Å². The van der Waals surface area contributed by atoms with Crippen LogP contribution in [0, 0.1) is 23.2 Å². The molecule has 0 N–H and O–H groups in total. The molecule has 1 aromatic rings. The second-order valence-corrected chi connectivity index (χ2v) is 5.82. The van der Waals surface area contributed by atoms with Gasteiger partial charge in [0.15, 0.2) is 0 Å². The Morgan fingerprint density at radius 3 is 2.75 bits per heavy atom. The number of hydrogen-bond acceptors (Lipinski definition) is 2. The molecule has 1 aliphatic carbocycles. The van der Waals surface area contributed by atoms with Crippen molar-refractivity contribution in [2.45, 2.75) is 58.5 Å². The molecular formula is C18H25NO. The zero-order chi connectivity index (χ0) is 14.4. The summed E-state index contributed by atoms with van der Waals surface area (Å²) in [5, 5.41) is 9.35. The number of hydrogen-bond donors (Lipinski definition) is 0. The number of benzene rings is 1. The number of para-hydroxylation sites is 1. The van der Waals surface area contributed by atoms with Crippen LogP contribution in [0.2, 0.25) is 0 Å². The molecule has 108 valence electrons. The van der Waals surface area contributed by atoms with Crippen LogP contribution in [-0.2, 0) is 6.42 Å². The summed E-state index contributed by atoms with van der Waals surface area (Å²) < 4.78 is 6.23. The molecule has 3 unspecified atom stereocenters. The molecule has 0 bridgehead atoms. The van der Waals surface area contributed by atoms with Gasteiger partial charge in [-0.3, -0.25) is 0 Å². The minimum Gasteiger partial charge on any atom is -0.489 e. The van der Waals surface area contributed by atoms with Crippen LogP contribution in [0.15, 0.2) is 24.3 Å². The molecule has 1 saturated carbocycles. The van der Waals surface area contributed by atoms with Crippen LogP contribution < -0.4 is 4.74 Å². The minimum absolute atomic E-state index is 0.0491. The Morgan fingerprint density at radius 1 is 1.25 bits per heavy atom.